The quantitative estimate of drug-likeness (QED) is 0.787. The third-order valence-corrected chi connectivity index (χ3v) is 3.87. The summed E-state index contributed by atoms with van der Waals surface area (Å²) in [6.07, 6.45) is -3.25. The number of halogens is 4. The maximum Gasteiger partial charge on any atom is 0.433 e. The number of benzene rings is 1. The van der Waals surface area contributed by atoms with E-state index in [-0.39, 0.29) is 5.82 Å². The normalized spacial score (nSPS) is 15.8. The standard InChI is InChI=1S/C16H15F4N3/c17-12-1-3-13(4-2-12)22-7-9-23(10-8-22)14-5-6-21-15(11-14)16(18,19)20/h1-6,11H,7-10H2. The molecule has 0 unspecified atom stereocenters. The zero-order chi connectivity index (χ0) is 16.4. The van der Waals surface area contributed by atoms with E-state index in [0.717, 1.165) is 11.8 Å². The minimum atomic E-state index is -4.44. The van der Waals surface area contributed by atoms with Crippen molar-refractivity contribution in [1.29, 1.82) is 0 Å². The summed E-state index contributed by atoms with van der Waals surface area (Å²) >= 11 is 0. The molecule has 0 saturated carbocycles. The highest BCUT2D eigenvalue weighted by Crippen LogP contribution is 2.30. The molecule has 1 fully saturated rings. The van der Waals surface area contributed by atoms with Crippen LogP contribution in [-0.4, -0.2) is 31.2 Å². The molecule has 1 aromatic heterocycles. The van der Waals surface area contributed by atoms with Gasteiger partial charge in [-0.2, -0.15) is 13.2 Å². The number of hydrogen-bond acceptors (Lipinski definition) is 3. The Kier molecular flexibility index (Phi) is 4.11. The summed E-state index contributed by atoms with van der Waals surface area (Å²) in [5, 5.41) is 0. The second-order valence-electron chi connectivity index (χ2n) is 5.35. The smallest absolute Gasteiger partial charge is 0.368 e. The molecule has 0 bridgehead atoms. The number of rotatable bonds is 2. The minimum Gasteiger partial charge on any atom is -0.368 e. The van der Waals surface area contributed by atoms with Gasteiger partial charge in [-0.3, -0.25) is 4.98 Å². The van der Waals surface area contributed by atoms with Gasteiger partial charge in [-0.05, 0) is 36.4 Å². The first-order chi connectivity index (χ1) is 10.9. The summed E-state index contributed by atoms with van der Waals surface area (Å²) < 4.78 is 51.1. The molecule has 2 heterocycles. The van der Waals surface area contributed by atoms with Crippen molar-refractivity contribution in [2.45, 2.75) is 6.18 Å². The van der Waals surface area contributed by atoms with E-state index in [0.29, 0.717) is 31.9 Å². The summed E-state index contributed by atoms with van der Waals surface area (Å²) in [6, 6.07) is 8.88. The Labute approximate surface area is 131 Å². The Morgan fingerprint density at radius 2 is 1.39 bits per heavy atom. The lowest BCUT2D eigenvalue weighted by Gasteiger charge is -2.37. The van der Waals surface area contributed by atoms with Gasteiger partial charge in [-0.25, -0.2) is 4.39 Å². The molecule has 2 aromatic rings. The highest BCUT2D eigenvalue weighted by molar-refractivity contribution is 5.52. The van der Waals surface area contributed by atoms with Crippen molar-refractivity contribution in [2.24, 2.45) is 0 Å². The van der Waals surface area contributed by atoms with Crippen LogP contribution in [0.1, 0.15) is 5.69 Å². The molecule has 0 amide bonds. The Hall–Kier alpha value is -2.31. The molecule has 7 heteroatoms. The molecular weight excluding hydrogens is 310 g/mol. The highest BCUT2D eigenvalue weighted by atomic mass is 19.4. The number of piperazine rings is 1. The molecule has 0 spiro atoms. The van der Waals surface area contributed by atoms with Gasteiger partial charge in [-0.1, -0.05) is 0 Å². The Balaban J connectivity index is 1.68. The van der Waals surface area contributed by atoms with Crippen molar-refractivity contribution < 1.29 is 17.6 Å². The minimum absolute atomic E-state index is 0.288. The summed E-state index contributed by atoms with van der Waals surface area (Å²) in [6.45, 7) is 2.52. The predicted molar refractivity (Wildman–Crippen MR) is 80.1 cm³/mol. The van der Waals surface area contributed by atoms with Crippen molar-refractivity contribution >= 4 is 11.4 Å². The van der Waals surface area contributed by atoms with E-state index in [4.69, 9.17) is 0 Å². The van der Waals surface area contributed by atoms with Gasteiger partial charge in [0.15, 0.2) is 0 Å². The Bertz CT molecular complexity index is 662. The van der Waals surface area contributed by atoms with Crippen LogP contribution in [0.5, 0.6) is 0 Å². The molecule has 0 atom stereocenters. The van der Waals surface area contributed by atoms with Crippen LogP contribution in [0.15, 0.2) is 42.6 Å². The maximum atomic E-state index is 12.9. The zero-order valence-electron chi connectivity index (χ0n) is 12.2. The van der Waals surface area contributed by atoms with Crippen LogP contribution in [0.2, 0.25) is 0 Å². The first-order valence-corrected chi connectivity index (χ1v) is 7.22. The van der Waals surface area contributed by atoms with Crippen LogP contribution in [0.4, 0.5) is 28.9 Å². The third kappa shape index (κ3) is 3.55. The Morgan fingerprint density at radius 3 is 1.96 bits per heavy atom. The molecule has 1 aromatic carbocycles. The number of aromatic nitrogens is 1. The van der Waals surface area contributed by atoms with Crippen LogP contribution in [0.3, 0.4) is 0 Å². The number of hydrogen-bond donors (Lipinski definition) is 0. The van der Waals surface area contributed by atoms with Crippen LogP contribution >= 0.6 is 0 Å². The largest absolute Gasteiger partial charge is 0.433 e. The van der Waals surface area contributed by atoms with Gasteiger partial charge in [0.1, 0.15) is 11.5 Å². The van der Waals surface area contributed by atoms with Gasteiger partial charge in [0.25, 0.3) is 0 Å². The summed E-state index contributed by atoms with van der Waals surface area (Å²) in [5.74, 6) is -0.288. The zero-order valence-corrected chi connectivity index (χ0v) is 12.2. The summed E-state index contributed by atoms with van der Waals surface area (Å²) in [4.78, 5) is 7.36. The fourth-order valence-corrected chi connectivity index (χ4v) is 2.65. The first kappa shape index (κ1) is 15.6. The van der Waals surface area contributed by atoms with E-state index in [1.807, 2.05) is 4.90 Å². The van der Waals surface area contributed by atoms with Gasteiger partial charge in [0.2, 0.25) is 0 Å². The van der Waals surface area contributed by atoms with E-state index >= 15 is 0 Å². The fourth-order valence-electron chi connectivity index (χ4n) is 2.65. The van der Waals surface area contributed by atoms with Gasteiger partial charge in [0.05, 0.1) is 0 Å². The molecule has 122 valence electrons. The monoisotopic (exact) mass is 325 g/mol. The van der Waals surface area contributed by atoms with Gasteiger partial charge >= 0.3 is 6.18 Å². The van der Waals surface area contributed by atoms with E-state index in [9.17, 15) is 17.6 Å². The van der Waals surface area contributed by atoms with Crippen LogP contribution < -0.4 is 9.80 Å². The SMILES string of the molecule is Fc1ccc(N2CCN(c3ccnc(C(F)(F)F)c3)CC2)cc1. The molecule has 1 saturated heterocycles. The van der Waals surface area contributed by atoms with Crippen molar-refractivity contribution in [3.63, 3.8) is 0 Å². The number of anilines is 2. The number of pyridine rings is 1. The second-order valence-corrected chi connectivity index (χ2v) is 5.35. The number of alkyl halides is 3. The van der Waals surface area contributed by atoms with E-state index in [2.05, 4.69) is 9.88 Å². The average molecular weight is 325 g/mol. The number of nitrogens with zero attached hydrogens (tertiary/aromatic N) is 3. The lowest BCUT2D eigenvalue weighted by Crippen LogP contribution is -2.46. The predicted octanol–water partition coefficient (Wildman–Crippen LogP) is 3.57. The first-order valence-electron chi connectivity index (χ1n) is 7.22. The molecule has 3 nitrogen and oxygen atoms in total. The summed E-state index contributed by atoms with van der Waals surface area (Å²) in [5.41, 5.74) is 0.554. The van der Waals surface area contributed by atoms with Crippen LogP contribution in [-0.2, 0) is 6.18 Å². The van der Waals surface area contributed by atoms with E-state index in [1.165, 1.54) is 18.3 Å². The van der Waals surface area contributed by atoms with Crippen molar-refractivity contribution in [3.8, 4) is 0 Å². The molecule has 0 aliphatic carbocycles. The average Bonchev–Trinajstić information content (AvgIpc) is 2.55. The molecule has 0 radical (unpaired) electrons. The second kappa shape index (κ2) is 6.06. The van der Waals surface area contributed by atoms with Crippen molar-refractivity contribution in [3.05, 3.63) is 54.1 Å². The summed E-state index contributed by atoms with van der Waals surface area (Å²) in [7, 11) is 0. The molecule has 3 rings (SSSR count). The van der Waals surface area contributed by atoms with Gasteiger partial charge in [-0.15, -0.1) is 0 Å². The molecule has 1 aliphatic rings. The molecule has 1 aliphatic heterocycles. The van der Waals surface area contributed by atoms with E-state index < -0.39 is 11.9 Å². The van der Waals surface area contributed by atoms with Crippen LogP contribution in [0.25, 0.3) is 0 Å². The van der Waals surface area contributed by atoms with Gasteiger partial charge < -0.3 is 9.80 Å². The molecule has 23 heavy (non-hydrogen) atoms. The van der Waals surface area contributed by atoms with E-state index in [1.54, 1.807) is 18.2 Å². The molecule has 0 N–H and O–H groups in total. The Morgan fingerprint density at radius 1 is 0.826 bits per heavy atom. The van der Waals surface area contributed by atoms with Crippen molar-refractivity contribution in [1.82, 2.24) is 4.98 Å². The van der Waals surface area contributed by atoms with Crippen LogP contribution in [0, 0.1) is 5.82 Å². The lowest BCUT2D eigenvalue weighted by atomic mass is 10.2. The highest BCUT2D eigenvalue weighted by Gasteiger charge is 2.33. The lowest BCUT2D eigenvalue weighted by molar-refractivity contribution is -0.141. The fraction of sp³-hybridized carbons (Fsp3) is 0.312. The third-order valence-electron chi connectivity index (χ3n) is 3.87. The maximum absolute atomic E-state index is 12.9. The van der Waals surface area contributed by atoms with Gasteiger partial charge in [0, 0.05) is 43.8 Å². The van der Waals surface area contributed by atoms with Crippen molar-refractivity contribution in [2.75, 3.05) is 36.0 Å². The molecular formula is C16H15F4N3. The topological polar surface area (TPSA) is 19.4 Å².